The monoisotopic (exact) mass is 256 g/mol. The highest BCUT2D eigenvalue weighted by Crippen LogP contribution is 2.17. The van der Waals surface area contributed by atoms with Crippen molar-refractivity contribution in [2.24, 2.45) is 5.92 Å². The molecule has 0 saturated heterocycles. The Kier molecular flexibility index (Phi) is 4.18. The van der Waals surface area contributed by atoms with E-state index in [4.69, 9.17) is 8.83 Å². The third-order valence-corrected chi connectivity index (χ3v) is 2.69. The fourth-order valence-electron chi connectivity index (χ4n) is 1.69. The summed E-state index contributed by atoms with van der Waals surface area (Å²) in [6.45, 7) is 3.96. The van der Waals surface area contributed by atoms with Crippen LogP contribution in [0.1, 0.15) is 25.4 Å². The molecule has 0 aliphatic rings. The summed E-state index contributed by atoms with van der Waals surface area (Å²) >= 11 is 0. The Morgan fingerprint density at radius 3 is 2.26 bits per heavy atom. The molecule has 0 aliphatic heterocycles. The van der Waals surface area contributed by atoms with Gasteiger partial charge < -0.3 is 8.83 Å². The van der Waals surface area contributed by atoms with Crippen LogP contribution >= 0.6 is 0 Å². The molecule has 0 aliphatic carbocycles. The van der Waals surface area contributed by atoms with E-state index in [1.807, 2.05) is 19.9 Å². The van der Waals surface area contributed by atoms with Crippen LogP contribution in [0, 0.1) is 5.92 Å². The molecule has 2 rings (SSSR count). The zero-order valence-corrected chi connectivity index (χ0v) is 11.0. The molecule has 0 unspecified atom stereocenters. The number of hydrogen-bond acceptors (Lipinski definition) is 3. The van der Waals surface area contributed by atoms with Crippen LogP contribution in [0.15, 0.2) is 57.3 Å². The quantitative estimate of drug-likeness (QED) is 0.753. The predicted molar refractivity (Wildman–Crippen MR) is 74.3 cm³/mol. The lowest BCUT2D eigenvalue weighted by Crippen LogP contribution is -2.05. The van der Waals surface area contributed by atoms with E-state index in [0.29, 0.717) is 17.1 Å². The van der Waals surface area contributed by atoms with E-state index in [1.165, 1.54) is 6.08 Å². The molecule has 98 valence electrons. The number of carbonyl (C=O) groups excluding carboxylic acids is 1. The van der Waals surface area contributed by atoms with Crippen LogP contribution in [0.4, 0.5) is 0 Å². The molecule has 0 bridgehead atoms. The number of rotatable bonds is 5. The number of hydrogen-bond donors (Lipinski definition) is 0. The Hall–Kier alpha value is -2.29. The van der Waals surface area contributed by atoms with Gasteiger partial charge in [0.15, 0.2) is 5.78 Å². The molecule has 0 aromatic carbocycles. The second-order valence-electron chi connectivity index (χ2n) is 4.48. The minimum atomic E-state index is -0.0391. The summed E-state index contributed by atoms with van der Waals surface area (Å²) in [6.07, 6.45) is 8.13. The van der Waals surface area contributed by atoms with E-state index in [0.717, 1.165) is 0 Å². The molecular weight excluding hydrogens is 240 g/mol. The Morgan fingerprint density at radius 1 is 1.11 bits per heavy atom. The van der Waals surface area contributed by atoms with E-state index < -0.39 is 0 Å². The average Bonchev–Trinajstić information content (AvgIpc) is 3.05. The summed E-state index contributed by atoms with van der Waals surface area (Å²) < 4.78 is 10.4. The molecule has 0 atom stereocenters. The fraction of sp³-hybridized carbons (Fsp3) is 0.188. The number of ketones is 1. The van der Waals surface area contributed by atoms with Gasteiger partial charge in [-0.3, -0.25) is 4.79 Å². The molecule has 0 fully saturated rings. The fourth-order valence-corrected chi connectivity index (χ4v) is 1.69. The van der Waals surface area contributed by atoms with E-state index >= 15 is 0 Å². The predicted octanol–water partition coefficient (Wildman–Crippen LogP) is 4.19. The normalized spacial score (nSPS) is 12.5. The molecule has 0 radical (unpaired) electrons. The second kappa shape index (κ2) is 6.05. The Balaban J connectivity index is 2.18. The van der Waals surface area contributed by atoms with Crippen LogP contribution in [0.25, 0.3) is 12.2 Å². The third-order valence-electron chi connectivity index (χ3n) is 2.69. The average molecular weight is 256 g/mol. The molecule has 3 heteroatoms. The lowest BCUT2D eigenvalue weighted by atomic mass is 9.97. The summed E-state index contributed by atoms with van der Waals surface area (Å²) in [7, 11) is 0. The molecule has 0 amide bonds. The number of furan rings is 2. The molecule has 2 aromatic heterocycles. The van der Waals surface area contributed by atoms with Crippen molar-refractivity contribution in [2.45, 2.75) is 13.8 Å². The first-order valence-corrected chi connectivity index (χ1v) is 6.18. The molecule has 2 aromatic rings. The van der Waals surface area contributed by atoms with Crippen LogP contribution < -0.4 is 0 Å². The smallest absolute Gasteiger partial charge is 0.182 e. The van der Waals surface area contributed by atoms with Gasteiger partial charge in [-0.2, -0.15) is 0 Å². The summed E-state index contributed by atoms with van der Waals surface area (Å²) in [6, 6.07) is 7.21. The molecular formula is C16H16O3. The van der Waals surface area contributed by atoms with Gasteiger partial charge in [0.1, 0.15) is 11.5 Å². The zero-order chi connectivity index (χ0) is 13.7. The van der Waals surface area contributed by atoms with Gasteiger partial charge in [0.25, 0.3) is 0 Å². The number of carbonyl (C=O) groups is 1. The maximum atomic E-state index is 12.2. The first-order chi connectivity index (χ1) is 9.16. The summed E-state index contributed by atoms with van der Waals surface area (Å²) in [5, 5.41) is 0. The van der Waals surface area contributed by atoms with Crippen LogP contribution in [0.5, 0.6) is 0 Å². The van der Waals surface area contributed by atoms with Crippen molar-refractivity contribution in [3.8, 4) is 0 Å². The van der Waals surface area contributed by atoms with Gasteiger partial charge >= 0.3 is 0 Å². The Bertz CT molecular complexity index is 570. The zero-order valence-electron chi connectivity index (χ0n) is 11.0. The van der Waals surface area contributed by atoms with Crippen LogP contribution in [0.3, 0.4) is 0 Å². The Labute approximate surface area is 112 Å². The highest BCUT2D eigenvalue weighted by molar-refractivity contribution is 6.09. The molecule has 3 nitrogen and oxygen atoms in total. The number of allylic oxidation sites excluding steroid dienone is 2. The van der Waals surface area contributed by atoms with E-state index in [-0.39, 0.29) is 11.7 Å². The van der Waals surface area contributed by atoms with Crippen LogP contribution in [0.2, 0.25) is 0 Å². The lowest BCUT2D eigenvalue weighted by molar-refractivity contribution is -0.111. The minimum absolute atomic E-state index is 0.0391. The molecule has 0 N–H and O–H groups in total. The summed E-state index contributed by atoms with van der Waals surface area (Å²) in [5.41, 5.74) is 0.706. The Morgan fingerprint density at radius 2 is 1.74 bits per heavy atom. The van der Waals surface area contributed by atoms with Gasteiger partial charge in [0.05, 0.1) is 12.5 Å². The van der Waals surface area contributed by atoms with Crippen LogP contribution in [-0.2, 0) is 4.79 Å². The molecule has 2 heterocycles. The van der Waals surface area contributed by atoms with Crippen molar-refractivity contribution >= 4 is 17.9 Å². The highest BCUT2D eigenvalue weighted by atomic mass is 16.3. The highest BCUT2D eigenvalue weighted by Gasteiger charge is 2.11. The van der Waals surface area contributed by atoms with Crippen molar-refractivity contribution in [2.75, 3.05) is 0 Å². The van der Waals surface area contributed by atoms with Crippen LogP contribution in [-0.4, -0.2) is 5.78 Å². The largest absolute Gasteiger partial charge is 0.465 e. The lowest BCUT2D eigenvalue weighted by Gasteiger charge is -2.06. The maximum absolute atomic E-state index is 12.2. The minimum Gasteiger partial charge on any atom is -0.465 e. The molecule has 0 saturated carbocycles. The van der Waals surface area contributed by atoms with Gasteiger partial charge in [-0.05, 0) is 48.4 Å². The first-order valence-electron chi connectivity index (χ1n) is 6.18. The molecule has 19 heavy (non-hydrogen) atoms. The maximum Gasteiger partial charge on any atom is 0.182 e. The summed E-state index contributed by atoms with van der Waals surface area (Å²) in [5.74, 6) is 1.43. The van der Waals surface area contributed by atoms with Crippen molar-refractivity contribution in [3.05, 3.63) is 60.0 Å². The summed E-state index contributed by atoms with van der Waals surface area (Å²) in [4.78, 5) is 12.2. The van der Waals surface area contributed by atoms with Crippen molar-refractivity contribution in [3.63, 3.8) is 0 Å². The van der Waals surface area contributed by atoms with Crippen molar-refractivity contribution in [1.82, 2.24) is 0 Å². The van der Waals surface area contributed by atoms with Gasteiger partial charge in [0.2, 0.25) is 0 Å². The van der Waals surface area contributed by atoms with Gasteiger partial charge in [0, 0.05) is 5.57 Å². The second-order valence-corrected chi connectivity index (χ2v) is 4.48. The van der Waals surface area contributed by atoms with Crippen molar-refractivity contribution in [1.29, 1.82) is 0 Å². The van der Waals surface area contributed by atoms with E-state index in [9.17, 15) is 4.79 Å². The first kappa shape index (κ1) is 13.1. The third kappa shape index (κ3) is 3.58. The van der Waals surface area contributed by atoms with Crippen molar-refractivity contribution < 1.29 is 13.6 Å². The van der Waals surface area contributed by atoms with Gasteiger partial charge in [-0.15, -0.1) is 0 Å². The van der Waals surface area contributed by atoms with E-state index in [2.05, 4.69) is 0 Å². The molecule has 0 spiro atoms. The SMILES string of the molecule is CC(C)/C(=C/c1ccco1)C(=O)/C=C/c1ccco1. The van der Waals surface area contributed by atoms with E-state index in [1.54, 1.807) is 42.9 Å². The van der Waals surface area contributed by atoms with Gasteiger partial charge in [-0.25, -0.2) is 0 Å². The topological polar surface area (TPSA) is 43.4 Å². The standard InChI is InChI=1S/C16H16O3/c1-12(2)15(11-14-6-4-10-19-14)16(17)8-7-13-5-3-9-18-13/h3-12H,1-2H3/b8-7+,15-11-. The van der Waals surface area contributed by atoms with Gasteiger partial charge in [-0.1, -0.05) is 13.8 Å².